The number of nitrogens with zero attached hydrogens (tertiary/aromatic N) is 2. The van der Waals surface area contributed by atoms with Crippen molar-refractivity contribution >= 4 is 39.1 Å². The second kappa shape index (κ2) is 11.5. The fourth-order valence-electron chi connectivity index (χ4n) is 3.08. The Morgan fingerprint density at radius 3 is 2.30 bits per heavy atom. The lowest BCUT2D eigenvalue weighted by atomic mass is 10.1. The Morgan fingerprint density at radius 1 is 1.12 bits per heavy atom. The first-order valence-electron chi connectivity index (χ1n) is 10.5. The highest BCUT2D eigenvalue weighted by atomic mass is 35.5. The lowest BCUT2D eigenvalue weighted by Gasteiger charge is -2.32. The van der Waals surface area contributed by atoms with Crippen LogP contribution in [0.25, 0.3) is 0 Å². The van der Waals surface area contributed by atoms with Crippen LogP contribution >= 0.6 is 11.6 Å². The fraction of sp³-hybridized carbons (Fsp3) is 0.391. The normalized spacial score (nSPS) is 13.2. The molecule has 2 rings (SSSR count). The number of hydrogen-bond donors (Lipinski definition) is 1. The maximum atomic E-state index is 13.4. The van der Waals surface area contributed by atoms with Crippen LogP contribution in [0.15, 0.2) is 48.5 Å². The van der Waals surface area contributed by atoms with Gasteiger partial charge in [0.1, 0.15) is 18.4 Å². The quantitative estimate of drug-likeness (QED) is 0.543. The average molecular weight is 498 g/mol. The molecule has 1 N–H and O–H groups in total. The van der Waals surface area contributed by atoms with Gasteiger partial charge >= 0.3 is 0 Å². The second-order valence-electron chi connectivity index (χ2n) is 7.89. The van der Waals surface area contributed by atoms with Crippen LogP contribution in [-0.4, -0.2) is 50.0 Å². The molecule has 0 spiro atoms. The van der Waals surface area contributed by atoms with Crippen LogP contribution in [-0.2, 0) is 26.2 Å². The fourth-order valence-corrected chi connectivity index (χ4v) is 4.11. The van der Waals surface area contributed by atoms with Gasteiger partial charge in [-0.25, -0.2) is 12.8 Å². The van der Waals surface area contributed by atoms with Gasteiger partial charge in [0.15, 0.2) is 0 Å². The van der Waals surface area contributed by atoms with Crippen molar-refractivity contribution < 1.29 is 22.4 Å². The van der Waals surface area contributed by atoms with Gasteiger partial charge < -0.3 is 10.2 Å². The molecule has 10 heteroatoms. The molecule has 0 fully saturated rings. The molecule has 0 bridgehead atoms. The third kappa shape index (κ3) is 7.71. The molecule has 2 aromatic rings. The molecule has 0 unspecified atom stereocenters. The van der Waals surface area contributed by atoms with E-state index in [0.717, 1.165) is 10.6 Å². The molecule has 7 nitrogen and oxygen atoms in total. The Labute approximate surface area is 199 Å². The van der Waals surface area contributed by atoms with E-state index >= 15 is 0 Å². The number of halogens is 2. The summed E-state index contributed by atoms with van der Waals surface area (Å²) >= 11 is 6.01. The minimum Gasteiger partial charge on any atom is -0.352 e. The molecule has 0 saturated heterocycles. The zero-order valence-electron chi connectivity index (χ0n) is 19.1. The van der Waals surface area contributed by atoms with E-state index in [9.17, 15) is 22.4 Å². The van der Waals surface area contributed by atoms with Crippen molar-refractivity contribution in [3.8, 4) is 0 Å². The predicted molar refractivity (Wildman–Crippen MR) is 128 cm³/mol. The van der Waals surface area contributed by atoms with Gasteiger partial charge in [-0.2, -0.15) is 0 Å². The zero-order chi connectivity index (χ0) is 24.8. The number of carbonyl (C=O) groups is 2. The van der Waals surface area contributed by atoms with Crippen molar-refractivity contribution in [1.29, 1.82) is 0 Å². The molecular formula is C23H29ClFN3O4S. The van der Waals surface area contributed by atoms with E-state index in [2.05, 4.69) is 5.32 Å². The Balaban J connectivity index is 2.37. The SMILES string of the molecule is CC[C@H](C)NC(=O)[C@@H](C)N(Cc1ccc(F)cc1)C(=O)CN(c1cccc(Cl)c1)S(C)(=O)=O. The van der Waals surface area contributed by atoms with Gasteiger partial charge in [-0.15, -0.1) is 0 Å². The van der Waals surface area contributed by atoms with Crippen LogP contribution in [0.1, 0.15) is 32.8 Å². The first-order chi connectivity index (χ1) is 15.4. The van der Waals surface area contributed by atoms with Crippen molar-refractivity contribution in [2.75, 3.05) is 17.1 Å². The number of carbonyl (C=O) groups excluding carboxylic acids is 2. The molecule has 0 saturated carbocycles. The van der Waals surface area contributed by atoms with E-state index in [0.29, 0.717) is 17.0 Å². The van der Waals surface area contributed by atoms with Crippen LogP contribution in [0.2, 0.25) is 5.02 Å². The topological polar surface area (TPSA) is 86.8 Å². The van der Waals surface area contributed by atoms with Crippen LogP contribution in [0.3, 0.4) is 0 Å². The molecule has 2 aromatic carbocycles. The third-order valence-corrected chi connectivity index (χ3v) is 6.59. The number of rotatable bonds is 10. The molecule has 0 aliphatic rings. The largest absolute Gasteiger partial charge is 0.352 e. The maximum Gasteiger partial charge on any atom is 0.244 e. The summed E-state index contributed by atoms with van der Waals surface area (Å²) in [5.41, 5.74) is 0.832. The summed E-state index contributed by atoms with van der Waals surface area (Å²) in [6.07, 6.45) is 1.70. The summed E-state index contributed by atoms with van der Waals surface area (Å²) in [6, 6.07) is 10.7. The second-order valence-corrected chi connectivity index (χ2v) is 10.2. The summed E-state index contributed by atoms with van der Waals surface area (Å²) < 4.78 is 39.2. The standard InChI is InChI=1S/C23H29ClFN3O4S/c1-5-16(2)26-23(30)17(3)27(14-18-9-11-20(25)12-10-18)22(29)15-28(33(4,31)32)21-8-6-7-19(24)13-21/h6-13,16-17H,5,14-15H2,1-4H3,(H,26,30)/t16-,17+/m0/s1. The highest BCUT2D eigenvalue weighted by molar-refractivity contribution is 7.92. The molecule has 33 heavy (non-hydrogen) atoms. The highest BCUT2D eigenvalue weighted by Gasteiger charge is 2.30. The summed E-state index contributed by atoms with van der Waals surface area (Å²) in [7, 11) is -3.83. The Hall–Kier alpha value is -2.65. The van der Waals surface area contributed by atoms with E-state index in [1.165, 1.54) is 41.3 Å². The van der Waals surface area contributed by atoms with Crippen molar-refractivity contribution in [1.82, 2.24) is 10.2 Å². The van der Waals surface area contributed by atoms with Crippen LogP contribution in [0.4, 0.5) is 10.1 Å². The minimum absolute atomic E-state index is 0.00134. The molecule has 2 amide bonds. The number of nitrogens with one attached hydrogen (secondary N) is 1. The van der Waals surface area contributed by atoms with Crippen molar-refractivity contribution in [3.63, 3.8) is 0 Å². The van der Waals surface area contributed by atoms with Crippen LogP contribution < -0.4 is 9.62 Å². The molecule has 180 valence electrons. The lowest BCUT2D eigenvalue weighted by Crippen LogP contribution is -2.52. The summed E-state index contributed by atoms with van der Waals surface area (Å²) in [5.74, 6) is -1.38. The van der Waals surface area contributed by atoms with E-state index in [1.807, 2.05) is 13.8 Å². The van der Waals surface area contributed by atoms with Crippen LogP contribution in [0.5, 0.6) is 0 Å². The van der Waals surface area contributed by atoms with Gasteiger partial charge in [0, 0.05) is 17.6 Å². The van der Waals surface area contributed by atoms with Crippen molar-refractivity contribution in [2.45, 2.75) is 45.8 Å². The molecule has 0 aliphatic heterocycles. The molecule has 0 aromatic heterocycles. The van der Waals surface area contributed by atoms with Crippen LogP contribution in [0, 0.1) is 5.82 Å². The summed E-state index contributed by atoms with van der Waals surface area (Å²) in [6.45, 7) is 4.82. The van der Waals surface area contributed by atoms with Gasteiger partial charge in [0.25, 0.3) is 0 Å². The Bertz CT molecular complexity index is 1080. The summed E-state index contributed by atoms with van der Waals surface area (Å²) in [5, 5.41) is 3.16. The molecule has 0 radical (unpaired) electrons. The molecule has 0 aliphatic carbocycles. The van der Waals surface area contributed by atoms with E-state index in [4.69, 9.17) is 11.6 Å². The van der Waals surface area contributed by atoms with Crippen molar-refractivity contribution in [2.24, 2.45) is 0 Å². The monoisotopic (exact) mass is 497 g/mol. The smallest absolute Gasteiger partial charge is 0.244 e. The molecule has 2 atom stereocenters. The number of anilines is 1. The first kappa shape index (κ1) is 26.6. The first-order valence-corrected chi connectivity index (χ1v) is 12.7. The zero-order valence-corrected chi connectivity index (χ0v) is 20.7. The molecule has 0 heterocycles. The minimum atomic E-state index is -3.83. The van der Waals surface area contributed by atoms with E-state index in [1.54, 1.807) is 19.1 Å². The summed E-state index contributed by atoms with van der Waals surface area (Å²) in [4.78, 5) is 27.4. The van der Waals surface area contributed by atoms with Gasteiger partial charge in [0.2, 0.25) is 21.8 Å². The Kier molecular flexibility index (Phi) is 9.25. The van der Waals surface area contributed by atoms with E-state index < -0.39 is 34.3 Å². The number of benzene rings is 2. The van der Waals surface area contributed by atoms with Gasteiger partial charge in [0.05, 0.1) is 11.9 Å². The predicted octanol–water partition coefficient (Wildman–Crippen LogP) is 3.58. The third-order valence-electron chi connectivity index (χ3n) is 5.21. The number of hydrogen-bond acceptors (Lipinski definition) is 4. The van der Waals surface area contributed by atoms with E-state index in [-0.39, 0.29) is 24.2 Å². The van der Waals surface area contributed by atoms with Gasteiger partial charge in [-0.3, -0.25) is 13.9 Å². The van der Waals surface area contributed by atoms with Crippen molar-refractivity contribution in [3.05, 3.63) is 64.9 Å². The Morgan fingerprint density at radius 2 is 1.76 bits per heavy atom. The highest BCUT2D eigenvalue weighted by Crippen LogP contribution is 2.22. The maximum absolute atomic E-state index is 13.4. The number of sulfonamides is 1. The number of amides is 2. The lowest BCUT2D eigenvalue weighted by molar-refractivity contribution is -0.139. The van der Waals surface area contributed by atoms with Gasteiger partial charge in [-0.05, 0) is 56.2 Å². The van der Waals surface area contributed by atoms with Gasteiger partial charge in [-0.1, -0.05) is 36.7 Å². The molecular weight excluding hydrogens is 469 g/mol. The average Bonchev–Trinajstić information content (AvgIpc) is 2.75.